The molecule has 0 amide bonds. The largest absolute Gasteiger partial charge is 0.309 e. The second-order valence-electron chi connectivity index (χ2n) is 18.9. The van der Waals surface area contributed by atoms with Crippen LogP contribution in [0.2, 0.25) is 0 Å². The highest BCUT2D eigenvalue weighted by Crippen LogP contribution is 2.48. The van der Waals surface area contributed by atoms with Gasteiger partial charge in [0.2, 0.25) is 0 Å². The molecule has 15 aromatic rings. The molecule has 5 nitrogen and oxygen atoms in total. The van der Waals surface area contributed by atoms with E-state index in [-0.39, 0.29) is 0 Å². The summed E-state index contributed by atoms with van der Waals surface area (Å²) < 4.78 is 470. The minimum atomic E-state index is -6.74. The molecule has 0 radical (unpaired) electrons. The van der Waals surface area contributed by atoms with Crippen molar-refractivity contribution in [3.63, 3.8) is 0 Å². The maximum Gasteiger partial charge on any atom is 0.184 e. The molecule has 0 bridgehead atoms. The molecule has 0 saturated heterocycles. The van der Waals surface area contributed by atoms with Crippen LogP contribution in [-0.4, -0.2) is 40.2 Å². The molecule has 0 saturated carbocycles. The van der Waals surface area contributed by atoms with Crippen molar-refractivity contribution in [2.24, 2.45) is 0 Å². The highest BCUT2D eigenvalue weighted by atomic mass is 28.3. The maximum absolute atomic E-state index is 11.5. The molecule has 0 spiro atoms. The Labute approximate surface area is 549 Å². The Balaban J connectivity index is 1.18. The molecule has 83 heavy (non-hydrogen) atoms. The number of benzene rings is 12. The average molecular weight is 1140 g/mol. The van der Waals surface area contributed by atoms with E-state index in [0.29, 0.717) is 9.13 Å². The van der Waals surface area contributed by atoms with Crippen molar-refractivity contribution in [2.45, 2.75) is 5.92 Å². The summed E-state index contributed by atoms with van der Waals surface area (Å²) in [6.07, 6.45) is 0. The Morgan fingerprint density at radius 2 is 0.663 bits per heavy atom. The van der Waals surface area contributed by atoms with Crippen LogP contribution < -0.4 is 41.5 Å². The first kappa shape index (κ1) is 19.7. The van der Waals surface area contributed by atoms with Gasteiger partial charge in [-0.15, -0.1) is 0 Å². The normalized spacial score (nSPS) is 22.3. The van der Waals surface area contributed by atoms with Gasteiger partial charge in [-0.2, -0.15) is 0 Å². The zero-order chi connectivity index (χ0) is 96.2. The van der Waals surface area contributed by atoms with Crippen molar-refractivity contribution in [3.8, 4) is 45.3 Å². The van der Waals surface area contributed by atoms with Gasteiger partial charge in [0.15, 0.2) is 27.8 Å². The molecule has 18 rings (SSSR count). The quantitative estimate of drug-likeness (QED) is 0.149. The SMILES string of the molecule is [2H]c1c([2H])c([2H])c([Si]2(c3c([2H])c([2H])c([2H])c([2H])c3[2H])c3c([2H])c([2H])c([2H])c([2H])c3-n3c4c([2H])c([2H])c([2H])c([2H])c4c4c([2H])c(-c5nc(-c6c([2H])c7c8c(c6[2H])c6c([2H])c([2H])c([2H])c([2H])c6n8-c6c([2H])c([2H])c([2H])c([2H])c6[Si]7(c6c([2H])c([2H])c([2H])c([2H])c6[2H])c6c([2H])c([2H])c([2H])c([2H])c6[2H])nc(C6c7c([2H])c([2H])c([2H])c([2H])c7-c7c([2H])c([2H])c([2H])c([2H])c76)n5)c([2H])c2c43)c([2H])c1[2H]. The summed E-state index contributed by atoms with van der Waals surface area (Å²) in [5.74, 6) is -6.44. The van der Waals surface area contributed by atoms with E-state index < -0.39 is 459 Å². The smallest absolute Gasteiger partial charge is 0.184 e. The number of hydrogen-bond donors (Lipinski definition) is 0. The van der Waals surface area contributed by atoms with Crippen molar-refractivity contribution >= 4 is 101 Å². The molecule has 2 aliphatic heterocycles. The molecule has 0 unspecified atom stereocenters. The lowest BCUT2D eigenvalue weighted by Gasteiger charge is -2.40. The van der Waals surface area contributed by atoms with Gasteiger partial charge in [-0.05, 0) is 112 Å². The van der Waals surface area contributed by atoms with Gasteiger partial charge in [0.25, 0.3) is 0 Å². The van der Waals surface area contributed by atoms with Crippen LogP contribution >= 0.6 is 0 Å². The van der Waals surface area contributed by atoms with E-state index in [1.807, 2.05) is 0 Å². The highest BCUT2D eigenvalue weighted by Gasteiger charge is 2.50. The van der Waals surface area contributed by atoms with Crippen molar-refractivity contribution in [3.05, 3.63) is 307 Å². The lowest BCUT2D eigenvalue weighted by molar-refractivity contribution is 0.856. The van der Waals surface area contributed by atoms with Crippen LogP contribution in [0.25, 0.3) is 88.9 Å². The molecular weight excluding hydrogens is 1040 g/mol. The molecule has 1 aliphatic carbocycles. The zero-order valence-electron chi connectivity index (χ0n) is 89.3. The van der Waals surface area contributed by atoms with Crippen LogP contribution in [0.1, 0.15) is 88.7 Å². The van der Waals surface area contributed by atoms with Gasteiger partial charge in [-0.1, -0.05) is 242 Å². The second-order valence-corrected chi connectivity index (χ2v) is 25.9. The second kappa shape index (κ2) is 17.6. The Morgan fingerprint density at radius 1 is 0.313 bits per heavy atom. The molecule has 0 N–H and O–H groups in total. The van der Waals surface area contributed by atoms with Crippen molar-refractivity contribution in [2.75, 3.05) is 0 Å². The first-order chi connectivity index (χ1) is 61.1. The van der Waals surface area contributed by atoms with Crippen LogP contribution in [0.5, 0.6) is 0 Å². The van der Waals surface area contributed by atoms with Crippen LogP contribution in [0, 0.1) is 0 Å². The molecule has 386 valence electrons. The molecule has 0 atom stereocenters. The summed E-state index contributed by atoms with van der Waals surface area (Å²) in [7, 11) is -13.5. The number of hydrogen-bond acceptors (Lipinski definition) is 3. The highest BCUT2D eigenvalue weighted by molar-refractivity contribution is 7.22. The van der Waals surface area contributed by atoms with Gasteiger partial charge in [-0.3, -0.25) is 0 Å². The standard InChI is InChI=1S/C76H49N5Si2/c1-5-25-51(26-6-1)82(52-27-7-2-8-28-52)67-43-23-21-41-65(67)80-63-39-19-17-35-57(63)61-45-49(47-69(82)72(61)80)74-77-75(79-76(78-74)71-59-37-15-13-33-55(59)56-34-14-16-38-60(56)71)50-46-62-58-36-18-20-40-64(58)81-66-42-22-24-44-68(66)83(70(48-50)73(62)81,53-29-9-3-10-30-53)54-31-11-4-12-32-54/h1-48,71H/i1D,2D,3D,4D,5D,6D,7D,8D,9D,10D,11D,12D,13D,14D,15D,16D,17D,18D,19D,20D,21D,22D,23D,24D,25D,26D,27D,28D,29D,30D,31D,32D,33D,34D,35D,36D,37D,38D,39D,40D,41D,42D,43D,44D,45D,46D,47D,48D. The fraction of sp³-hybridized carbons (Fsp3) is 0.0132. The van der Waals surface area contributed by atoms with Gasteiger partial charge in [-0.25, -0.2) is 15.0 Å². The number of rotatable bonds is 7. The topological polar surface area (TPSA) is 48.5 Å². The Kier molecular flexibility index (Phi) is 4.18. The minimum absolute atomic E-state index is 0.711. The molecular formula is C76H49N5Si2. The van der Waals surface area contributed by atoms with E-state index in [1.165, 1.54) is 0 Å². The van der Waals surface area contributed by atoms with Gasteiger partial charge in [0.05, 0.1) is 93.8 Å². The van der Waals surface area contributed by atoms with E-state index >= 15 is 0 Å². The zero-order valence-corrected chi connectivity index (χ0v) is 43.3. The molecule has 3 aromatic heterocycles. The molecule has 0 fully saturated rings. The van der Waals surface area contributed by atoms with E-state index in [2.05, 4.69) is 0 Å². The summed E-state index contributed by atoms with van der Waals surface area (Å²) in [5, 5.41) is -13.0. The van der Waals surface area contributed by atoms with Gasteiger partial charge >= 0.3 is 0 Å². The van der Waals surface area contributed by atoms with Crippen LogP contribution in [0.3, 0.4) is 0 Å². The van der Waals surface area contributed by atoms with Gasteiger partial charge in [0, 0.05) is 44.0 Å². The summed E-state index contributed by atoms with van der Waals surface area (Å²) in [6, 6.07) is -59.9. The van der Waals surface area contributed by atoms with Crippen molar-refractivity contribution < 1.29 is 65.8 Å². The summed E-state index contributed by atoms with van der Waals surface area (Å²) >= 11 is 0. The summed E-state index contributed by atoms with van der Waals surface area (Å²) in [4.78, 5) is 14.6. The lowest BCUT2D eigenvalue weighted by atomic mass is 9.96. The van der Waals surface area contributed by atoms with Crippen LogP contribution in [0.15, 0.2) is 290 Å². The third kappa shape index (κ3) is 6.27. The third-order valence-corrected chi connectivity index (χ3v) is 23.5. The summed E-state index contributed by atoms with van der Waals surface area (Å²) in [6.45, 7) is 0. The van der Waals surface area contributed by atoms with E-state index in [1.54, 1.807) is 0 Å². The van der Waals surface area contributed by atoms with Crippen LogP contribution in [-0.2, 0) is 0 Å². The number of nitrogens with zero attached hydrogens (tertiary/aromatic N) is 5. The maximum atomic E-state index is 11.5. The minimum Gasteiger partial charge on any atom is -0.309 e. The van der Waals surface area contributed by atoms with Crippen LogP contribution in [0.4, 0.5) is 0 Å². The monoisotopic (exact) mass is 1140 g/mol. The molecule has 5 heterocycles. The fourth-order valence-corrected chi connectivity index (χ4v) is 20.3. The first-order valence-electron chi connectivity index (χ1n) is 48.8. The first-order valence-corrected chi connectivity index (χ1v) is 28.8. The van der Waals surface area contributed by atoms with Crippen molar-refractivity contribution in [1.82, 2.24) is 24.1 Å². The number of fused-ring (bicyclic) bond motifs is 13. The molecule has 7 heteroatoms. The Bertz CT molecular complexity index is 7450. The predicted molar refractivity (Wildman–Crippen MR) is 347 cm³/mol. The summed E-state index contributed by atoms with van der Waals surface area (Å²) in [5.41, 5.74) is -11.2. The van der Waals surface area contributed by atoms with Gasteiger partial charge < -0.3 is 9.13 Å². The van der Waals surface area contributed by atoms with Gasteiger partial charge in [0.1, 0.15) is 5.82 Å². The third-order valence-electron chi connectivity index (χ3n) is 15.1. The predicted octanol–water partition coefficient (Wildman–Crippen LogP) is 11.9. The lowest BCUT2D eigenvalue weighted by Crippen LogP contribution is -2.76. The molecule has 3 aliphatic rings. The van der Waals surface area contributed by atoms with E-state index in [4.69, 9.17) is 23.2 Å². The van der Waals surface area contributed by atoms with E-state index in [0.717, 1.165) is 0 Å². The Hall–Kier alpha value is -10.3. The number of aromatic nitrogens is 5. The van der Waals surface area contributed by atoms with E-state index in [9.17, 15) is 57.6 Å². The molecule has 12 aromatic carbocycles. The Morgan fingerprint density at radius 3 is 1.08 bits per heavy atom. The average Bonchev–Trinajstić information content (AvgIpc) is 1.60. The van der Waals surface area contributed by atoms with Crippen molar-refractivity contribution in [1.29, 1.82) is 0 Å². The number of para-hydroxylation sites is 4. The fourth-order valence-electron chi connectivity index (χ4n) is 12.0.